The minimum atomic E-state index is 0.537. The summed E-state index contributed by atoms with van der Waals surface area (Å²) in [6.45, 7) is 3.24. The monoisotopic (exact) mass is 206 g/mol. The molecule has 0 aromatic heterocycles. The number of hydrogen-bond acceptors (Lipinski definition) is 4. The number of ether oxygens (including phenoxy) is 1. The lowest BCUT2D eigenvalue weighted by Gasteiger charge is -2.04. The quantitative estimate of drug-likeness (QED) is 0.429. The standard InChI is InChI=1S/C11H14N2O2/c1-12-11(15-13-2)8-9-4-6-10(14-3)7-5-9/h4-7H,2,8H2,1,3H3. The maximum absolute atomic E-state index is 5.06. The van der Waals surface area contributed by atoms with Gasteiger partial charge in [-0.15, -0.1) is 0 Å². The highest BCUT2D eigenvalue weighted by Gasteiger charge is 2.01. The van der Waals surface area contributed by atoms with E-state index in [1.54, 1.807) is 14.2 Å². The van der Waals surface area contributed by atoms with Gasteiger partial charge in [0.2, 0.25) is 5.90 Å². The van der Waals surface area contributed by atoms with E-state index in [0.29, 0.717) is 12.3 Å². The Kier molecular flexibility index (Phi) is 4.34. The molecule has 0 fully saturated rings. The molecule has 0 atom stereocenters. The molecule has 0 N–H and O–H groups in total. The van der Waals surface area contributed by atoms with Crippen LogP contribution in [0, 0.1) is 0 Å². The van der Waals surface area contributed by atoms with Gasteiger partial charge in [-0.25, -0.2) is 0 Å². The van der Waals surface area contributed by atoms with E-state index in [2.05, 4.69) is 16.9 Å². The summed E-state index contributed by atoms with van der Waals surface area (Å²) in [6, 6.07) is 7.70. The van der Waals surface area contributed by atoms with Gasteiger partial charge in [0, 0.05) is 13.8 Å². The summed E-state index contributed by atoms with van der Waals surface area (Å²) in [7, 11) is 3.29. The average molecular weight is 206 g/mol. The van der Waals surface area contributed by atoms with Crippen LogP contribution in [0.25, 0.3) is 0 Å². The van der Waals surface area contributed by atoms with E-state index in [-0.39, 0.29) is 0 Å². The Bertz CT molecular complexity index is 344. The zero-order valence-corrected chi connectivity index (χ0v) is 8.93. The fourth-order valence-corrected chi connectivity index (χ4v) is 1.14. The molecular formula is C11H14N2O2. The molecule has 0 amide bonds. The molecule has 0 unspecified atom stereocenters. The van der Waals surface area contributed by atoms with Gasteiger partial charge in [-0.3, -0.25) is 4.99 Å². The van der Waals surface area contributed by atoms with E-state index in [1.165, 1.54) is 0 Å². The van der Waals surface area contributed by atoms with Gasteiger partial charge in [-0.2, -0.15) is 0 Å². The molecule has 0 saturated carbocycles. The molecular weight excluding hydrogens is 192 g/mol. The normalized spacial score (nSPS) is 10.9. The summed E-state index contributed by atoms with van der Waals surface area (Å²) in [6.07, 6.45) is 0.597. The van der Waals surface area contributed by atoms with Gasteiger partial charge in [-0.05, 0) is 17.7 Å². The molecule has 0 heterocycles. The Morgan fingerprint density at radius 1 is 1.33 bits per heavy atom. The largest absolute Gasteiger partial charge is 0.497 e. The van der Waals surface area contributed by atoms with Crippen molar-refractivity contribution >= 4 is 12.6 Å². The smallest absolute Gasteiger partial charge is 0.224 e. The van der Waals surface area contributed by atoms with E-state index < -0.39 is 0 Å². The Balaban J connectivity index is 2.67. The van der Waals surface area contributed by atoms with Gasteiger partial charge < -0.3 is 9.57 Å². The van der Waals surface area contributed by atoms with E-state index in [9.17, 15) is 0 Å². The van der Waals surface area contributed by atoms with Gasteiger partial charge in [0.25, 0.3) is 0 Å². The van der Waals surface area contributed by atoms with Crippen LogP contribution in [0.5, 0.6) is 5.75 Å². The Hall–Kier alpha value is -1.84. The summed E-state index contributed by atoms with van der Waals surface area (Å²) in [5, 5.41) is 3.33. The van der Waals surface area contributed by atoms with Gasteiger partial charge in [-0.1, -0.05) is 17.3 Å². The van der Waals surface area contributed by atoms with E-state index in [0.717, 1.165) is 11.3 Å². The second kappa shape index (κ2) is 5.80. The van der Waals surface area contributed by atoms with Crippen molar-refractivity contribution in [2.45, 2.75) is 6.42 Å². The minimum absolute atomic E-state index is 0.537. The molecule has 4 heteroatoms. The van der Waals surface area contributed by atoms with Crippen LogP contribution in [0.15, 0.2) is 34.4 Å². The first-order valence-corrected chi connectivity index (χ1v) is 4.51. The fraction of sp³-hybridized carbons (Fsp3) is 0.273. The lowest BCUT2D eigenvalue weighted by molar-refractivity contribution is 0.324. The molecule has 0 aliphatic carbocycles. The third-order valence-corrected chi connectivity index (χ3v) is 1.93. The van der Waals surface area contributed by atoms with Crippen LogP contribution in [0.1, 0.15) is 5.56 Å². The molecule has 0 aliphatic rings. The van der Waals surface area contributed by atoms with Crippen molar-refractivity contribution in [3.63, 3.8) is 0 Å². The predicted octanol–water partition coefficient (Wildman–Crippen LogP) is 1.90. The van der Waals surface area contributed by atoms with E-state index in [1.807, 2.05) is 24.3 Å². The first-order chi connectivity index (χ1) is 7.30. The van der Waals surface area contributed by atoms with Gasteiger partial charge >= 0.3 is 0 Å². The second-order valence-electron chi connectivity index (χ2n) is 2.86. The molecule has 0 spiro atoms. The van der Waals surface area contributed by atoms with Crippen LogP contribution >= 0.6 is 0 Å². The van der Waals surface area contributed by atoms with Gasteiger partial charge in [0.15, 0.2) is 0 Å². The SMILES string of the molecule is C=NOC(Cc1ccc(OC)cc1)=NC. The Morgan fingerprint density at radius 2 is 2.00 bits per heavy atom. The maximum atomic E-state index is 5.06. The highest BCUT2D eigenvalue weighted by Crippen LogP contribution is 2.12. The second-order valence-corrected chi connectivity index (χ2v) is 2.86. The zero-order chi connectivity index (χ0) is 11.1. The molecule has 1 rings (SSSR count). The first-order valence-electron chi connectivity index (χ1n) is 4.51. The van der Waals surface area contributed by atoms with Crippen molar-refractivity contribution in [1.29, 1.82) is 0 Å². The van der Waals surface area contributed by atoms with Crippen molar-refractivity contribution in [1.82, 2.24) is 0 Å². The number of rotatable bonds is 4. The van der Waals surface area contributed by atoms with Crippen molar-refractivity contribution < 1.29 is 9.57 Å². The van der Waals surface area contributed by atoms with Crippen LogP contribution in [-0.4, -0.2) is 26.8 Å². The van der Waals surface area contributed by atoms with E-state index >= 15 is 0 Å². The van der Waals surface area contributed by atoms with Crippen molar-refractivity contribution in [3.8, 4) is 5.75 Å². The third kappa shape index (κ3) is 3.42. The molecule has 4 nitrogen and oxygen atoms in total. The van der Waals surface area contributed by atoms with Crippen molar-refractivity contribution in [2.24, 2.45) is 10.1 Å². The number of aliphatic imine (C=N–C) groups is 1. The number of methoxy groups -OCH3 is 1. The van der Waals surface area contributed by atoms with Crippen LogP contribution < -0.4 is 4.74 Å². The molecule has 0 radical (unpaired) electrons. The third-order valence-electron chi connectivity index (χ3n) is 1.93. The number of hydrogen-bond donors (Lipinski definition) is 0. The summed E-state index contributed by atoms with van der Waals surface area (Å²) >= 11 is 0. The molecule has 0 saturated heterocycles. The topological polar surface area (TPSA) is 43.2 Å². The molecule has 0 aliphatic heterocycles. The molecule has 80 valence electrons. The van der Waals surface area contributed by atoms with Gasteiger partial charge in [0.05, 0.1) is 13.5 Å². The van der Waals surface area contributed by atoms with Crippen LogP contribution in [0.2, 0.25) is 0 Å². The maximum Gasteiger partial charge on any atom is 0.224 e. The Labute approximate surface area is 89.2 Å². The van der Waals surface area contributed by atoms with E-state index in [4.69, 9.17) is 9.57 Å². The zero-order valence-electron chi connectivity index (χ0n) is 8.93. The number of benzene rings is 1. The number of oxime groups is 1. The molecule has 1 aromatic rings. The summed E-state index contributed by atoms with van der Waals surface area (Å²) in [5.41, 5.74) is 1.08. The lowest BCUT2D eigenvalue weighted by Crippen LogP contribution is -2.04. The molecule has 15 heavy (non-hydrogen) atoms. The van der Waals surface area contributed by atoms with Crippen LogP contribution in [0.4, 0.5) is 0 Å². The van der Waals surface area contributed by atoms with Crippen molar-refractivity contribution in [2.75, 3.05) is 14.2 Å². The van der Waals surface area contributed by atoms with Crippen LogP contribution in [-0.2, 0) is 11.3 Å². The summed E-state index contributed by atoms with van der Waals surface area (Å²) in [4.78, 5) is 8.83. The Morgan fingerprint density at radius 3 is 2.47 bits per heavy atom. The fourth-order valence-electron chi connectivity index (χ4n) is 1.14. The first kappa shape index (κ1) is 11.2. The molecule has 0 bridgehead atoms. The predicted molar refractivity (Wildman–Crippen MR) is 60.7 cm³/mol. The lowest BCUT2D eigenvalue weighted by atomic mass is 10.1. The summed E-state index contributed by atoms with van der Waals surface area (Å²) in [5.74, 6) is 1.37. The van der Waals surface area contributed by atoms with Gasteiger partial charge in [0.1, 0.15) is 5.75 Å². The average Bonchev–Trinajstić information content (AvgIpc) is 2.29. The minimum Gasteiger partial charge on any atom is -0.497 e. The molecule has 1 aromatic carbocycles. The highest BCUT2D eigenvalue weighted by molar-refractivity contribution is 5.78. The number of nitrogens with zero attached hydrogens (tertiary/aromatic N) is 2. The van der Waals surface area contributed by atoms with Crippen LogP contribution in [0.3, 0.4) is 0 Å². The summed E-state index contributed by atoms with van der Waals surface area (Å²) < 4.78 is 5.06. The van der Waals surface area contributed by atoms with Crippen molar-refractivity contribution in [3.05, 3.63) is 29.8 Å². The highest BCUT2D eigenvalue weighted by atomic mass is 16.6.